The zero-order chi connectivity index (χ0) is 15.1. The minimum atomic E-state index is -0.311. The van der Waals surface area contributed by atoms with E-state index in [-0.39, 0.29) is 29.8 Å². The van der Waals surface area contributed by atoms with Gasteiger partial charge in [-0.1, -0.05) is 53.4 Å². The van der Waals surface area contributed by atoms with E-state index >= 15 is 0 Å². The van der Waals surface area contributed by atoms with Crippen molar-refractivity contribution < 1.29 is 9.59 Å². The molecule has 0 aromatic rings. The van der Waals surface area contributed by atoms with Crippen LogP contribution >= 0.6 is 0 Å². The van der Waals surface area contributed by atoms with Gasteiger partial charge in [-0.3, -0.25) is 9.59 Å². The molecule has 4 heteroatoms. The van der Waals surface area contributed by atoms with Gasteiger partial charge in [-0.15, -0.1) is 0 Å². The third-order valence-electron chi connectivity index (χ3n) is 3.96. The molecule has 0 aliphatic carbocycles. The third-order valence-corrected chi connectivity index (χ3v) is 3.96. The predicted octanol–water partition coefficient (Wildman–Crippen LogP) is 2.72. The maximum absolute atomic E-state index is 12.6. The number of hydrogen-bond acceptors (Lipinski definition) is 2. The smallest absolute Gasteiger partial charge is 0.245 e. The first kappa shape index (κ1) is 17.0. The summed E-state index contributed by atoms with van der Waals surface area (Å²) >= 11 is 0. The molecule has 20 heavy (non-hydrogen) atoms. The van der Waals surface area contributed by atoms with Gasteiger partial charge in [-0.2, -0.15) is 0 Å². The van der Waals surface area contributed by atoms with Crippen molar-refractivity contribution in [1.29, 1.82) is 0 Å². The Kier molecular flexibility index (Phi) is 7.03. The van der Waals surface area contributed by atoms with Crippen molar-refractivity contribution in [1.82, 2.24) is 10.2 Å². The SMILES string of the molecule is CCCCCCN1C(=O)C(CCC)NC(=O)C1C(C)C. The number of piperazine rings is 1. The van der Waals surface area contributed by atoms with Gasteiger partial charge < -0.3 is 10.2 Å². The largest absolute Gasteiger partial charge is 0.342 e. The van der Waals surface area contributed by atoms with E-state index in [1.54, 1.807) is 0 Å². The zero-order valence-corrected chi connectivity index (χ0v) is 13.4. The molecule has 0 saturated carbocycles. The van der Waals surface area contributed by atoms with Gasteiger partial charge in [0.2, 0.25) is 11.8 Å². The molecule has 0 bridgehead atoms. The summed E-state index contributed by atoms with van der Waals surface area (Å²) in [4.78, 5) is 26.6. The van der Waals surface area contributed by atoms with E-state index in [1.807, 2.05) is 25.7 Å². The Balaban J connectivity index is 2.73. The first-order valence-electron chi connectivity index (χ1n) is 8.13. The number of nitrogens with zero attached hydrogens (tertiary/aromatic N) is 1. The summed E-state index contributed by atoms with van der Waals surface area (Å²) < 4.78 is 0. The van der Waals surface area contributed by atoms with Crippen molar-refractivity contribution in [3.8, 4) is 0 Å². The fraction of sp³-hybridized carbons (Fsp3) is 0.875. The van der Waals surface area contributed by atoms with Gasteiger partial charge in [0.15, 0.2) is 0 Å². The molecule has 1 fully saturated rings. The fourth-order valence-electron chi connectivity index (χ4n) is 2.90. The molecular weight excluding hydrogens is 252 g/mol. The molecule has 1 aliphatic heterocycles. The molecule has 0 radical (unpaired) electrons. The topological polar surface area (TPSA) is 49.4 Å². The van der Waals surface area contributed by atoms with Gasteiger partial charge in [-0.05, 0) is 18.8 Å². The van der Waals surface area contributed by atoms with Crippen LogP contribution in [-0.4, -0.2) is 35.3 Å². The number of unbranched alkanes of at least 4 members (excludes halogenated alkanes) is 3. The average molecular weight is 282 g/mol. The molecule has 4 nitrogen and oxygen atoms in total. The second-order valence-corrected chi connectivity index (χ2v) is 6.13. The summed E-state index contributed by atoms with van der Waals surface area (Å²) in [7, 11) is 0. The number of carbonyl (C=O) groups excluding carboxylic acids is 2. The summed E-state index contributed by atoms with van der Waals surface area (Å²) in [6.07, 6.45) is 6.15. The van der Waals surface area contributed by atoms with Crippen LogP contribution in [0.1, 0.15) is 66.2 Å². The Labute approximate surface area is 123 Å². The van der Waals surface area contributed by atoms with Crippen LogP contribution < -0.4 is 5.32 Å². The summed E-state index contributed by atoms with van der Waals surface area (Å²) in [6.45, 7) is 8.95. The van der Waals surface area contributed by atoms with Crippen molar-refractivity contribution in [2.45, 2.75) is 78.3 Å². The van der Waals surface area contributed by atoms with E-state index in [4.69, 9.17) is 0 Å². The highest BCUT2D eigenvalue weighted by Gasteiger charge is 2.40. The van der Waals surface area contributed by atoms with Crippen LogP contribution in [0.5, 0.6) is 0 Å². The lowest BCUT2D eigenvalue weighted by Gasteiger charge is -2.41. The van der Waals surface area contributed by atoms with Crippen LogP contribution in [0, 0.1) is 5.92 Å². The van der Waals surface area contributed by atoms with Gasteiger partial charge in [0.25, 0.3) is 0 Å². The molecule has 0 aromatic carbocycles. The molecule has 116 valence electrons. The first-order valence-corrected chi connectivity index (χ1v) is 8.13. The Morgan fingerprint density at radius 2 is 1.80 bits per heavy atom. The zero-order valence-electron chi connectivity index (χ0n) is 13.4. The molecule has 2 amide bonds. The Hall–Kier alpha value is -1.06. The third kappa shape index (κ3) is 4.22. The lowest BCUT2D eigenvalue weighted by Crippen LogP contribution is -2.64. The maximum atomic E-state index is 12.6. The van der Waals surface area contributed by atoms with Gasteiger partial charge in [-0.25, -0.2) is 0 Å². The summed E-state index contributed by atoms with van der Waals surface area (Å²) in [5.74, 6) is 0.294. The summed E-state index contributed by atoms with van der Waals surface area (Å²) in [6, 6.07) is -0.606. The number of amides is 2. The highest BCUT2D eigenvalue weighted by Crippen LogP contribution is 2.20. The van der Waals surface area contributed by atoms with Gasteiger partial charge in [0, 0.05) is 6.54 Å². The molecule has 1 N–H and O–H groups in total. The van der Waals surface area contributed by atoms with Crippen molar-refractivity contribution in [2.75, 3.05) is 6.54 Å². The maximum Gasteiger partial charge on any atom is 0.245 e. The fourth-order valence-corrected chi connectivity index (χ4v) is 2.90. The lowest BCUT2D eigenvalue weighted by molar-refractivity contribution is -0.151. The normalized spacial score (nSPS) is 23.4. The monoisotopic (exact) mass is 282 g/mol. The number of rotatable bonds is 8. The summed E-state index contributed by atoms with van der Waals surface area (Å²) in [5.41, 5.74) is 0. The number of carbonyl (C=O) groups is 2. The van der Waals surface area contributed by atoms with Crippen LogP contribution in [0.3, 0.4) is 0 Å². The highest BCUT2D eigenvalue weighted by atomic mass is 16.2. The van der Waals surface area contributed by atoms with Crippen molar-refractivity contribution >= 4 is 11.8 Å². The van der Waals surface area contributed by atoms with Gasteiger partial charge in [0.1, 0.15) is 12.1 Å². The predicted molar refractivity (Wildman–Crippen MR) is 81.3 cm³/mol. The first-order chi connectivity index (χ1) is 9.52. The Morgan fingerprint density at radius 1 is 1.10 bits per heavy atom. The Morgan fingerprint density at radius 3 is 2.35 bits per heavy atom. The van der Waals surface area contributed by atoms with Crippen molar-refractivity contribution in [3.05, 3.63) is 0 Å². The van der Waals surface area contributed by atoms with Crippen LogP contribution in [0.2, 0.25) is 0 Å². The van der Waals surface area contributed by atoms with Crippen LogP contribution in [-0.2, 0) is 9.59 Å². The molecule has 0 spiro atoms. The molecular formula is C16H30N2O2. The van der Waals surface area contributed by atoms with E-state index in [0.29, 0.717) is 0 Å². The van der Waals surface area contributed by atoms with Crippen LogP contribution in [0.4, 0.5) is 0 Å². The van der Waals surface area contributed by atoms with E-state index in [1.165, 1.54) is 12.8 Å². The Bertz CT molecular complexity index is 328. The summed E-state index contributed by atoms with van der Waals surface area (Å²) in [5, 5.41) is 2.90. The molecule has 1 aliphatic rings. The standard InChI is InChI=1S/C16H30N2O2/c1-5-7-8-9-11-18-14(12(3)4)15(19)17-13(10-6-2)16(18)20/h12-14H,5-11H2,1-4H3,(H,17,19). The van der Waals surface area contributed by atoms with E-state index in [2.05, 4.69) is 12.2 Å². The van der Waals surface area contributed by atoms with E-state index < -0.39 is 0 Å². The second kappa shape index (κ2) is 8.28. The van der Waals surface area contributed by atoms with Crippen molar-refractivity contribution in [2.24, 2.45) is 5.92 Å². The van der Waals surface area contributed by atoms with Gasteiger partial charge in [0.05, 0.1) is 0 Å². The number of nitrogens with one attached hydrogen (secondary N) is 1. The quantitative estimate of drug-likeness (QED) is 0.696. The molecule has 1 saturated heterocycles. The van der Waals surface area contributed by atoms with Crippen LogP contribution in [0.15, 0.2) is 0 Å². The molecule has 1 heterocycles. The van der Waals surface area contributed by atoms with Gasteiger partial charge >= 0.3 is 0 Å². The average Bonchev–Trinajstić information content (AvgIpc) is 2.39. The molecule has 2 atom stereocenters. The molecule has 1 rings (SSSR count). The molecule has 2 unspecified atom stereocenters. The highest BCUT2D eigenvalue weighted by molar-refractivity contribution is 5.97. The minimum Gasteiger partial charge on any atom is -0.342 e. The van der Waals surface area contributed by atoms with Crippen LogP contribution in [0.25, 0.3) is 0 Å². The lowest BCUT2D eigenvalue weighted by atomic mass is 9.95. The minimum absolute atomic E-state index is 0.0218. The van der Waals surface area contributed by atoms with Crippen molar-refractivity contribution in [3.63, 3.8) is 0 Å². The second-order valence-electron chi connectivity index (χ2n) is 6.13. The molecule has 0 aromatic heterocycles. The number of hydrogen-bond donors (Lipinski definition) is 1. The van der Waals surface area contributed by atoms with E-state index in [9.17, 15) is 9.59 Å². The van der Waals surface area contributed by atoms with E-state index in [0.717, 1.165) is 32.2 Å².